The van der Waals surface area contributed by atoms with Crippen molar-refractivity contribution in [3.8, 4) is 0 Å². The van der Waals surface area contributed by atoms with Crippen molar-refractivity contribution in [2.24, 2.45) is 0 Å². The minimum Gasteiger partial charge on any atom is -1.00 e. The molecule has 0 fully saturated rings. The van der Waals surface area contributed by atoms with Gasteiger partial charge in [-0.15, -0.1) is 0 Å². The van der Waals surface area contributed by atoms with Crippen LogP contribution in [0, 0.1) is 6.92 Å². The first-order chi connectivity index (χ1) is 10.1. The van der Waals surface area contributed by atoms with Crippen LogP contribution >= 0.6 is 0 Å². The molecule has 0 spiro atoms. The number of nitrogens with zero attached hydrogens (tertiary/aromatic N) is 1. The average Bonchev–Trinajstić information content (AvgIpc) is 2.47. The van der Waals surface area contributed by atoms with Gasteiger partial charge in [-0.05, 0) is 24.6 Å². The summed E-state index contributed by atoms with van der Waals surface area (Å²) in [5, 5.41) is 11.7. The Morgan fingerprint density at radius 1 is 1.14 bits per heavy atom. The standard InChI is InChI=1S/C16H16N2O3.BrH/c1-12-6-9-18(10-7-12)11-8-15(19)17-14-5-3-2-4-13(14)16(20)21;/h2-7,9-10H,8,11H2,1H3,(H-,17,19,20,21);1H. The number of carboxylic acids is 1. The van der Waals surface area contributed by atoms with Crippen molar-refractivity contribution in [1.29, 1.82) is 0 Å². The molecule has 1 heterocycles. The number of carboxylic acid groups (broad SMARTS) is 1. The number of nitrogens with one attached hydrogen (secondary N) is 1. The van der Waals surface area contributed by atoms with Crippen LogP contribution in [0.3, 0.4) is 0 Å². The molecule has 0 saturated heterocycles. The molecule has 6 heteroatoms. The van der Waals surface area contributed by atoms with E-state index in [1.807, 2.05) is 36.0 Å². The van der Waals surface area contributed by atoms with Crippen molar-refractivity contribution in [1.82, 2.24) is 0 Å². The molecule has 0 aliphatic carbocycles. The summed E-state index contributed by atoms with van der Waals surface area (Å²) in [5.41, 5.74) is 1.57. The number of carbonyl (C=O) groups excluding carboxylic acids is 1. The van der Waals surface area contributed by atoms with Crippen LogP contribution in [0.1, 0.15) is 22.3 Å². The molecule has 2 rings (SSSR count). The largest absolute Gasteiger partial charge is 1.00 e. The molecular weight excluding hydrogens is 348 g/mol. The van der Waals surface area contributed by atoms with E-state index >= 15 is 0 Å². The molecular formula is C16H17BrN2O3. The van der Waals surface area contributed by atoms with Crippen LogP contribution in [0.15, 0.2) is 48.8 Å². The van der Waals surface area contributed by atoms with Crippen molar-refractivity contribution in [2.75, 3.05) is 5.32 Å². The van der Waals surface area contributed by atoms with Crippen LogP contribution < -0.4 is 26.9 Å². The van der Waals surface area contributed by atoms with Gasteiger partial charge in [-0.25, -0.2) is 9.36 Å². The second-order valence-electron chi connectivity index (χ2n) is 4.76. The Bertz CT molecular complexity index is 657. The number of pyridine rings is 1. The summed E-state index contributed by atoms with van der Waals surface area (Å²) >= 11 is 0. The van der Waals surface area contributed by atoms with Gasteiger partial charge in [-0.3, -0.25) is 4.79 Å². The molecule has 0 aliphatic rings. The van der Waals surface area contributed by atoms with E-state index in [-0.39, 0.29) is 34.9 Å². The van der Waals surface area contributed by atoms with Gasteiger partial charge < -0.3 is 27.4 Å². The number of rotatable bonds is 5. The van der Waals surface area contributed by atoms with E-state index in [0.29, 0.717) is 12.2 Å². The van der Waals surface area contributed by atoms with Crippen LogP contribution in [0.25, 0.3) is 0 Å². The first-order valence-corrected chi connectivity index (χ1v) is 6.64. The molecule has 2 N–H and O–H groups in total. The molecule has 2 aromatic rings. The maximum absolute atomic E-state index is 11.9. The maximum Gasteiger partial charge on any atom is 0.337 e. The highest BCUT2D eigenvalue weighted by Crippen LogP contribution is 2.14. The van der Waals surface area contributed by atoms with Crippen molar-refractivity contribution < 1.29 is 36.2 Å². The van der Waals surface area contributed by atoms with Gasteiger partial charge in [0.1, 0.15) is 0 Å². The molecule has 0 atom stereocenters. The van der Waals surface area contributed by atoms with Gasteiger partial charge in [0.05, 0.1) is 17.7 Å². The van der Waals surface area contributed by atoms with E-state index in [9.17, 15) is 9.59 Å². The molecule has 1 aromatic carbocycles. The summed E-state index contributed by atoms with van der Waals surface area (Å²) in [4.78, 5) is 23.0. The summed E-state index contributed by atoms with van der Waals surface area (Å²) < 4.78 is 1.91. The lowest BCUT2D eigenvalue weighted by atomic mass is 10.2. The van der Waals surface area contributed by atoms with Gasteiger partial charge in [-0.1, -0.05) is 12.1 Å². The van der Waals surface area contributed by atoms with Crippen LogP contribution in [-0.4, -0.2) is 17.0 Å². The number of anilines is 1. The highest BCUT2D eigenvalue weighted by atomic mass is 79.9. The van der Waals surface area contributed by atoms with Crippen LogP contribution in [0.4, 0.5) is 5.69 Å². The number of halogens is 1. The number of hydrogen-bond donors (Lipinski definition) is 2. The Labute approximate surface area is 139 Å². The highest BCUT2D eigenvalue weighted by molar-refractivity contribution is 6.00. The van der Waals surface area contributed by atoms with Crippen LogP contribution in [-0.2, 0) is 11.3 Å². The molecule has 0 saturated carbocycles. The number of aromatic nitrogens is 1. The monoisotopic (exact) mass is 364 g/mol. The Morgan fingerprint density at radius 2 is 1.77 bits per heavy atom. The Balaban J connectivity index is 0.00000242. The predicted octanol–water partition coefficient (Wildman–Crippen LogP) is -0.986. The van der Waals surface area contributed by atoms with Crippen molar-refractivity contribution in [2.45, 2.75) is 19.9 Å². The molecule has 22 heavy (non-hydrogen) atoms. The molecule has 116 valence electrons. The topological polar surface area (TPSA) is 70.3 Å². The second kappa shape index (κ2) is 8.29. The highest BCUT2D eigenvalue weighted by Gasteiger charge is 2.12. The lowest BCUT2D eigenvalue weighted by Gasteiger charge is -2.07. The Hall–Kier alpha value is -2.21. The molecule has 0 unspecified atom stereocenters. The summed E-state index contributed by atoms with van der Waals surface area (Å²) in [5.74, 6) is -1.27. The Kier molecular flexibility index (Phi) is 6.72. The fourth-order valence-electron chi connectivity index (χ4n) is 1.90. The van der Waals surface area contributed by atoms with E-state index < -0.39 is 5.97 Å². The summed E-state index contributed by atoms with van der Waals surface area (Å²) in [7, 11) is 0. The third kappa shape index (κ3) is 4.96. The van der Waals surface area contributed by atoms with Gasteiger partial charge in [0.15, 0.2) is 18.9 Å². The summed E-state index contributed by atoms with van der Waals surface area (Å²) in [6.07, 6.45) is 4.10. The number of hydrogen-bond acceptors (Lipinski definition) is 2. The minimum absolute atomic E-state index is 0. The fraction of sp³-hybridized carbons (Fsp3) is 0.188. The summed E-state index contributed by atoms with van der Waals surface area (Å²) in [6.45, 7) is 2.54. The molecule has 1 aromatic heterocycles. The molecule has 0 bridgehead atoms. The second-order valence-corrected chi connectivity index (χ2v) is 4.76. The fourth-order valence-corrected chi connectivity index (χ4v) is 1.90. The lowest BCUT2D eigenvalue weighted by Crippen LogP contribution is -3.00. The molecule has 0 radical (unpaired) electrons. The lowest BCUT2D eigenvalue weighted by molar-refractivity contribution is -0.695. The average molecular weight is 365 g/mol. The van der Waals surface area contributed by atoms with Crippen LogP contribution in [0.5, 0.6) is 0 Å². The number of amides is 1. The van der Waals surface area contributed by atoms with Crippen molar-refractivity contribution in [3.05, 3.63) is 59.9 Å². The third-order valence-electron chi connectivity index (χ3n) is 3.09. The van der Waals surface area contributed by atoms with E-state index in [0.717, 1.165) is 5.56 Å². The van der Waals surface area contributed by atoms with E-state index in [2.05, 4.69) is 5.32 Å². The van der Waals surface area contributed by atoms with Crippen LogP contribution in [0.2, 0.25) is 0 Å². The Morgan fingerprint density at radius 3 is 2.41 bits per heavy atom. The normalized spacial score (nSPS) is 9.68. The summed E-state index contributed by atoms with van der Waals surface area (Å²) in [6, 6.07) is 10.3. The van der Waals surface area contributed by atoms with Gasteiger partial charge in [-0.2, -0.15) is 0 Å². The predicted molar refractivity (Wildman–Crippen MR) is 78.0 cm³/mol. The minimum atomic E-state index is -1.06. The van der Waals surface area contributed by atoms with Gasteiger partial charge in [0.25, 0.3) is 0 Å². The van der Waals surface area contributed by atoms with Crippen molar-refractivity contribution >= 4 is 17.6 Å². The number of carbonyl (C=O) groups is 2. The van der Waals surface area contributed by atoms with Gasteiger partial charge in [0.2, 0.25) is 5.91 Å². The SMILES string of the molecule is Cc1cc[n+](CCC(=O)Nc2ccccc2C(=O)O)cc1.[Br-]. The van der Waals surface area contributed by atoms with E-state index in [1.165, 1.54) is 6.07 Å². The first-order valence-electron chi connectivity index (χ1n) is 6.64. The molecule has 5 nitrogen and oxygen atoms in total. The quantitative estimate of drug-likeness (QED) is 0.669. The molecule has 1 amide bonds. The maximum atomic E-state index is 11.9. The smallest absolute Gasteiger partial charge is 0.337 e. The van der Waals surface area contributed by atoms with E-state index in [1.54, 1.807) is 18.2 Å². The van der Waals surface area contributed by atoms with Crippen molar-refractivity contribution in [3.63, 3.8) is 0 Å². The van der Waals surface area contributed by atoms with E-state index in [4.69, 9.17) is 5.11 Å². The molecule has 0 aliphatic heterocycles. The van der Waals surface area contributed by atoms with Gasteiger partial charge in [0, 0.05) is 12.1 Å². The first kappa shape index (κ1) is 17.8. The zero-order valence-corrected chi connectivity index (χ0v) is 13.7. The third-order valence-corrected chi connectivity index (χ3v) is 3.09. The number of para-hydroxylation sites is 1. The zero-order valence-electron chi connectivity index (χ0n) is 12.1. The van der Waals surface area contributed by atoms with Gasteiger partial charge >= 0.3 is 5.97 Å². The number of benzene rings is 1. The zero-order chi connectivity index (χ0) is 15.2. The number of aryl methyl sites for hydroxylation is 2. The number of aromatic carboxylic acids is 1.